The first-order chi connectivity index (χ1) is 9.30. The fourth-order valence-corrected chi connectivity index (χ4v) is 1.84. The predicted molar refractivity (Wildman–Crippen MR) is 80.3 cm³/mol. The molecule has 0 fully saturated rings. The average molecular weight is 260 g/mol. The molecule has 0 aliphatic rings. The zero-order valence-corrected chi connectivity index (χ0v) is 12.0. The molecule has 1 N–H and O–H groups in total. The molecule has 0 spiro atoms. The summed E-state index contributed by atoms with van der Waals surface area (Å²) in [6.07, 6.45) is 5.15. The molecule has 1 aromatic carbocycles. The predicted octanol–water partition coefficient (Wildman–Crippen LogP) is 2.13. The maximum Gasteiger partial charge on any atom is 0.148 e. The number of nitrogens with zero attached hydrogens (tertiary/aromatic N) is 1. The van der Waals surface area contributed by atoms with Crippen LogP contribution in [0.3, 0.4) is 0 Å². The fourth-order valence-electron chi connectivity index (χ4n) is 1.84. The van der Waals surface area contributed by atoms with Crippen LogP contribution in [0.2, 0.25) is 0 Å². The SMILES string of the molecule is C#CCOc1ccc(CNCCN(CC)CC)cc1. The number of likely N-dealkylation sites (N-methyl/N-ethyl adjacent to an activating group) is 1. The molecule has 0 unspecified atom stereocenters. The second kappa shape index (κ2) is 9.43. The minimum Gasteiger partial charge on any atom is -0.481 e. The number of nitrogens with one attached hydrogen (secondary N) is 1. The van der Waals surface area contributed by atoms with Crippen LogP contribution in [-0.4, -0.2) is 37.7 Å². The van der Waals surface area contributed by atoms with Crippen molar-refractivity contribution in [1.29, 1.82) is 0 Å². The number of terminal acetylenes is 1. The average Bonchev–Trinajstić information content (AvgIpc) is 2.46. The Balaban J connectivity index is 2.24. The molecular formula is C16H24N2O. The molecule has 0 aliphatic carbocycles. The van der Waals surface area contributed by atoms with Crippen LogP contribution in [0.25, 0.3) is 0 Å². The van der Waals surface area contributed by atoms with Crippen molar-refractivity contribution in [3.63, 3.8) is 0 Å². The molecule has 19 heavy (non-hydrogen) atoms. The first kappa shape index (κ1) is 15.6. The first-order valence-corrected chi connectivity index (χ1v) is 6.88. The highest BCUT2D eigenvalue weighted by Crippen LogP contribution is 2.11. The number of benzene rings is 1. The van der Waals surface area contributed by atoms with E-state index >= 15 is 0 Å². The molecule has 3 nitrogen and oxygen atoms in total. The van der Waals surface area contributed by atoms with Gasteiger partial charge in [0.25, 0.3) is 0 Å². The number of hydrogen-bond acceptors (Lipinski definition) is 3. The summed E-state index contributed by atoms with van der Waals surface area (Å²) in [6.45, 7) is 9.92. The third-order valence-electron chi connectivity index (χ3n) is 3.07. The maximum atomic E-state index is 5.33. The van der Waals surface area contributed by atoms with Crippen LogP contribution in [0.5, 0.6) is 5.75 Å². The van der Waals surface area contributed by atoms with Gasteiger partial charge in [0, 0.05) is 19.6 Å². The van der Waals surface area contributed by atoms with Crippen LogP contribution in [0.4, 0.5) is 0 Å². The standard InChI is InChI=1S/C16H24N2O/c1-4-13-19-16-9-7-15(8-10-16)14-17-11-12-18(5-2)6-3/h1,7-10,17H,5-6,11-14H2,2-3H3. The van der Waals surface area contributed by atoms with Crippen molar-refractivity contribution < 1.29 is 4.74 Å². The molecule has 1 aromatic rings. The number of hydrogen-bond donors (Lipinski definition) is 1. The minimum atomic E-state index is 0.321. The van der Waals surface area contributed by atoms with Gasteiger partial charge in [0.1, 0.15) is 12.4 Å². The van der Waals surface area contributed by atoms with Gasteiger partial charge >= 0.3 is 0 Å². The van der Waals surface area contributed by atoms with Gasteiger partial charge in [-0.2, -0.15) is 0 Å². The van der Waals surface area contributed by atoms with Crippen LogP contribution < -0.4 is 10.1 Å². The summed E-state index contributed by atoms with van der Waals surface area (Å²) in [7, 11) is 0. The largest absolute Gasteiger partial charge is 0.481 e. The second-order valence-corrected chi connectivity index (χ2v) is 4.34. The van der Waals surface area contributed by atoms with E-state index in [1.807, 2.05) is 12.1 Å². The van der Waals surface area contributed by atoms with Crippen molar-refractivity contribution in [2.24, 2.45) is 0 Å². The molecule has 3 heteroatoms. The molecule has 0 saturated heterocycles. The highest BCUT2D eigenvalue weighted by molar-refractivity contribution is 5.27. The van der Waals surface area contributed by atoms with Crippen LogP contribution in [0.15, 0.2) is 24.3 Å². The van der Waals surface area contributed by atoms with Crippen molar-refractivity contribution >= 4 is 0 Å². The van der Waals surface area contributed by atoms with Gasteiger partial charge in [-0.1, -0.05) is 31.9 Å². The highest BCUT2D eigenvalue weighted by Gasteiger charge is 1.98. The Morgan fingerprint density at radius 3 is 2.47 bits per heavy atom. The molecule has 0 aliphatic heterocycles. The zero-order valence-electron chi connectivity index (χ0n) is 12.0. The van der Waals surface area contributed by atoms with Crippen molar-refractivity contribution in [1.82, 2.24) is 10.2 Å². The monoisotopic (exact) mass is 260 g/mol. The lowest BCUT2D eigenvalue weighted by Gasteiger charge is -2.18. The topological polar surface area (TPSA) is 24.5 Å². The molecule has 0 bridgehead atoms. The molecule has 0 heterocycles. The first-order valence-electron chi connectivity index (χ1n) is 6.88. The van der Waals surface area contributed by atoms with Crippen LogP contribution in [0.1, 0.15) is 19.4 Å². The lowest BCUT2D eigenvalue weighted by Crippen LogP contribution is -2.31. The molecule has 0 amide bonds. The summed E-state index contributed by atoms with van der Waals surface area (Å²) in [5.41, 5.74) is 1.26. The third kappa shape index (κ3) is 6.28. The van der Waals surface area contributed by atoms with Gasteiger partial charge in [0.2, 0.25) is 0 Å². The van der Waals surface area contributed by atoms with Gasteiger partial charge in [0.05, 0.1) is 0 Å². The molecular weight excluding hydrogens is 236 g/mol. The Morgan fingerprint density at radius 2 is 1.89 bits per heavy atom. The summed E-state index contributed by atoms with van der Waals surface area (Å²) in [5, 5.41) is 3.45. The molecule has 0 saturated carbocycles. The van der Waals surface area contributed by atoms with E-state index in [4.69, 9.17) is 11.2 Å². The Labute approximate surface area is 117 Å². The maximum absolute atomic E-state index is 5.33. The third-order valence-corrected chi connectivity index (χ3v) is 3.07. The van der Waals surface area contributed by atoms with E-state index in [0.717, 1.165) is 38.5 Å². The van der Waals surface area contributed by atoms with E-state index in [1.54, 1.807) is 0 Å². The van der Waals surface area contributed by atoms with E-state index in [9.17, 15) is 0 Å². The molecule has 1 rings (SSSR count). The highest BCUT2D eigenvalue weighted by atomic mass is 16.5. The van der Waals surface area contributed by atoms with E-state index in [1.165, 1.54) is 5.56 Å². The van der Waals surface area contributed by atoms with Crippen molar-refractivity contribution in [3.8, 4) is 18.1 Å². The summed E-state index contributed by atoms with van der Waals surface area (Å²) in [5.74, 6) is 3.28. The summed E-state index contributed by atoms with van der Waals surface area (Å²) in [6, 6.07) is 8.05. The fraction of sp³-hybridized carbons (Fsp3) is 0.500. The van der Waals surface area contributed by atoms with Gasteiger partial charge in [-0.25, -0.2) is 0 Å². The Hall–Kier alpha value is -1.50. The Morgan fingerprint density at radius 1 is 1.21 bits per heavy atom. The zero-order chi connectivity index (χ0) is 13.9. The van der Waals surface area contributed by atoms with E-state index in [0.29, 0.717) is 6.61 Å². The van der Waals surface area contributed by atoms with E-state index < -0.39 is 0 Å². The van der Waals surface area contributed by atoms with Gasteiger partial charge < -0.3 is 15.0 Å². The van der Waals surface area contributed by atoms with Crippen LogP contribution >= 0.6 is 0 Å². The van der Waals surface area contributed by atoms with Crippen molar-refractivity contribution in [2.75, 3.05) is 32.8 Å². The second-order valence-electron chi connectivity index (χ2n) is 4.34. The molecule has 104 valence electrons. The van der Waals surface area contributed by atoms with Crippen LogP contribution in [0, 0.1) is 12.3 Å². The van der Waals surface area contributed by atoms with Crippen molar-refractivity contribution in [3.05, 3.63) is 29.8 Å². The Bertz CT molecular complexity index is 377. The Kier molecular flexibility index (Phi) is 7.72. The van der Waals surface area contributed by atoms with Gasteiger partial charge in [-0.3, -0.25) is 0 Å². The smallest absolute Gasteiger partial charge is 0.148 e. The molecule has 0 radical (unpaired) electrons. The number of ether oxygens (including phenoxy) is 1. The van der Waals surface area contributed by atoms with Gasteiger partial charge in [0.15, 0.2) is 0 Å². The van der Waals surface area contributed by atoms with Crippen molar-refractivity contribution in [2.45, 2.75) is 20.4 Å². The summed E-state index contributed by atoms with van der Waals surface area (Å²) in [4.78, 5) is 2.41. The van der Waals surface area contributed by atoms with Gasteiger partial charge in [-0.15, -0.1) is 6.42 Å². The van der Waals surface area contributed by atoms with Crippen LogP contribution in [-0.2, 0) is 6.54 Å². The minimum absolute atomic E-state index is 0.321. The number of rotatable bonds is 9. The summed E-state index contributed by atoms with van der Waals surface area (Å²) >= 11 is 0. The van der Waals surface area contributed by atoms with E-state index in [2.05, 4.69) is 42.1 Å². The quantitative estimate of drug-likeness (QED) is 0.544. The molecule has 0 atom stereocenters. The lowest BCUT2D eigenvalue weighted by molar-refractivity contribution is 0.302. The summed E-state index contributed by atoms with van der Waals surface area (Å²) < 4.78 is 5.33. The van der Waals surface area contributed by atoms with Gasteiger partial charge in [-0.05, 0) is 30.8 Å². The molecule has 0 aromatic heterocycles. The normalized spacial score (nSPS) is 10.4. The van der Waals surface area contributed by atoms with E-state index in [-0.39, 0.29) is 0 Å². The lowest BCUT2D eigenvalue weighted by atomic mass is 10.2.